The molecule has 1 fully saturated rings. The Balaban J connectivity index is 1.27. The van der Waals surface area contributed by atoms with Crippen LogP contribution >= 0.6 is 0 Å². The Bertz CT molecular complexity index is 939. The lowest BCUT2D eigenvalue weighted by Gasteiger charge is -2.36. The molecule has 1 aromatic heterocycles. The topological polar surface area (TPSA) is 61.4 Å². The predicted octanol–water partition coefficient (Wildman–Crippen LogP) is 3.04. The number of anilines is 2. The quantitative estimate of drug-likeness (QED) is 0.724. The van der Waals surface area contributed by atoms with E-state index < -0.39 is 0 Å². The van der Waals surface area contributed by atoms with Crippen LogP contribution in [0.2, 0.25) is 0 Å². The van der Waals surface area contributed by atoms with Crippen molar-refractivity contribution in [2.24, 2.45) is 0 Å². The van der Waals surface area contributed by atoms with Gasteiger partial charge in [-0.25, -0.2) is 4.39 Å². The first kappa shape index (κ1) is 18.9. The fourth-order valence-corrected chi connectivity index (χ4v) is 3.33. The Morgan fingerprint density at radius 3 is 2.28 bits per heavy atom. The maximum absolute atomic E-state index is 13.0. The van der Waals surface area contributed by atoms with Crippen LogP contribution in [0.1, 0.15) is 0 Å². The molecule has 148 valence electrons. The van der Waals surface area contributed by atoms with Crippen LogP contribution in [0.25, 0.3) is 11.3 Å². The fourth-order valence-electron chi connectivity index (χ4n) is 3.33. The molecule has 2 aromatic carbocycles. The monoisotopic (exact) mass is 391 g/mol. The largest absolute Gasteiger partial charge is 0.368 e. The van der Waals surface area contributed by atoms with E-state index in [1.54, 1.807) is 24.3 Å². The van der Waals surface area contributed by atoms with E-state index in [2.05, 4.69) is 32.5 Å². The molecule has 1 N–H and O–H groups in total. The molecule has 29 heavy (non-hydrogen) atoms. The minimum Gasteiger partial charge on any atom is -0.368 e. The fraction of sp³-hybridized carbons (Fsp3) is 0.227. The summed E-state index contributed by atoms with van der Waals surface area (Å²) in [6, 6.07) is 19.9. The SMILES string of the molecule is O=C(CNc1ccc(-c2ccc(F)cc2)nn1)N1CCN(c2ccccc2)CC1. The third kappa shape index (κ3) is 4.68. The van der Waals surface area contributed by atoms with Crippen molar-refractivity contribution in [3.63, 3.8) is 0 Å². The van der Waals surface area contributed by atoms with E-state index in [-0.39, 0.29) is 18.3 Å². The molecule has 0 radical (unpaired) electrons. The van der Waals surface area contributed by atoms with Gasteiger partial charge >= 0.3 is 0 Å². The Kier molecular flexibility index (Phi) is 5.65. The van der Waals surface area contributed by atoms with E-state index in [0.29, 0.717) is 24.6 Å². The maximum atomic E-state index is 13.0. The van der Waals surface area contributed by atoms with Crippen molar-refractivity contribution >= 4 is 17.4 Å². The molecule has 0 unspecified atom stereocenters. The van der Waals surface area contributed by atoms with Crippen molar-refractivity contribution in [3.8, 4) is 11.3 Å². The number of hydrogen-bond donors (Lipinski definition) is 1. The van der Waals surface area contributed by atoms with Gasteiger partial charge in [-0.15, -0.1) is 10.2 Å². The van der Waals surface area contributed by atoms with Gasteiger partial charge in [-0.2, -0.15) is 0 Å². The molecule has 4 rings (SSSR count). The first-order valence-corrected chi connectivity index (χ1v) is 9.60. The predicted molar refractivity (Wildman–Crippen MR) is 111 cm³/mol. The van der Waals surface area contributed by atoms with Crippen LogP contribution in [0.15, 0.2) is 66.7 Å². The minimum absolute atomic E-state index is 0.0436. The minimum atomic E-state index is -0.289. The molecule has 0 atom stereocenters. The van der Waals surface area contributed by atoms with Crippen molar-refractivity contribution in [2.75, 3.05) is 42.9 Å². The zero-order chi connectivity index (χ0) is 20.1. The number of para-hydroxylation sites is 1. The highest BCUT2D eigenvalue weighted by atomic mass is 19.1. The summed E-state index contributed by atoms with van der Waals surface area (Å²) in [5, 5.41) is 11.3. The van der Waals surface area contributed by atoms with Crippen molar-refractivity contribution in [3.05, 3.63) is 72.5 Å². The van der Waals surface area contributed by atoms with Crippen molar-refractivity contribution in [2.45, 2.75) is 0 Å². The van der Waals surface area contributed by atoms with Crippen LogP contribution in [-0.4, -0.2) is 53.7 Å². The molecule has 0 spiro atoms. The highest BCUT2D eigenvalue weighted by Crippen LogP contribution is 2.18. The van der Waals surface area contributed by atoms with Gasteiger partial charge in [0, 0.05) is 37.4 Å². The van der Waals surface area contributed by atoms with Gasteiger partial charge in [-0.05, 0) is 48.5 Å². The summed E-state index contributed by atoms with van der Waals surface area (Å²) in [6.45, 7) is 3.22. The van der Waals surface area contributed by atoms with Crippen molar-refractivity contribution in [1.29, 1.82) is 0 Å². The molecular weight excluding hydrogens is 369 g/mol. The van der Waals surface area contributed by atoms with Crippen LogP contribution in [0, 0.1) is 5.82 Å². The molecule has 0 aliphatic carbocycles. The molecule has 1 aliphatic heterocycles. The van der Waals surface area contributed by atoms with Crippen LogP contribution in [-0.2, 0) is 4.79 Å². The van der Waals surface area contributed by atoms with E-state index in [0.717, 1.165) is 18.7 Å². The zero-order valence-electron chi connectivity index (χ0n) is 16.0. The van der Waals surface area contributed by atoms with Gasteiger partial charge in [0.2, 0.25) is 5.91 Å². The average Bonchev–Trinajstić information content (AvgIpc) is 2.79. The molecule has 0 saturated carbocycles. The summed E-state index contributed by atoms with van der Waals surface area (Å²) in [5.74, 6) is 0.289. The number of piperazine rings is 1. The first-order chi connectivity index (χ1) is 14.2. The highest BCUT2D eigenvalue weighted by Gasteiger charge is 2.21. The Morgan fingerprint density at radius 1 is 0.897 bits per heavy atom. The smallest absolute Gasteiger partial charge is 0.242 e. The molecule has 0 bridgehead atoms. The number of hydrogen-bond acceptors (Lipinski definition) is 5. The molecule has 2 heterocycles. The lowest BCUT2D eigenvalue weighted by molar-refractivity contribution is -0.129. The summed E-state index contributed by atoms with van der Waals surface area (Å²) in [4.78, 5) is 16.7. The highest BCUT2D eigenvalue weighted by molar-refractivity contribution is 5.81. The normalized spacial score (nSPS) is 14.0. The maximum Gasteiger partial charge on any atom is 0.242 e. The lowest BCUT2D eigenvalue weighted by Crippen LogP contribution is -2.50. The molecule has 1 aliphatic rings. The van der Waals surface area contributed by atoms with Crippen LogP contribution < -0.4 is 10.2 Å². The van der Waals surface area contributed by atoms with Gasteiger partial charge in [0.1, 0.15) is 11.6 Å². The summed E-state index contributed by atoms with van der Waals surface area (Å²) >= 11 is 0. The van der Waals surface area contributed by atoms with Crippen LogP contribution in [0.5, 0.6) is 0 Å². The van der Waals surface area contributed by atoms with E-state index in [9.17, 15) is 9.18 Å². The molecular formula is C22H22FN5O. The number of halogens is 1. The Morgan fingerprint density at radius 2 is 1.62 bits per heavy atom. The Labute approximate surface area is 169 Å². The van der Waals surface area contributed by atoms with Crippen molar-refractivity contribution < 1.29 is 9.18 Å². The van der Waals surface area contributed by atoms with Crippen LogP contribution in [0.3, 0.4) is 0 Å². The third-order valence-electron chi connectivity index (χ3n) is 4.98. The second-order valence-corrected chi connectivity index (χ2v) is 6.87. The summed E-state index contributed by atoms with van der Waals surface area (Å²) in [6.07, 6.45) is 0. The summed E-state index contributed by atoms with van der Waals surface area (Å²) in [7, 11) is 0. The second kappa shape index (κ2) is 8.68. The summed E-state index contributed by atoms with van der Waals surface area (Å²) in [5.41, 5.74) is 2.63. The number of benzene rings is 2. The summed E-state index contributed by atoms with van der Waals surface area (Å²) < 4.78 is 13.0. The zero-order valence-corrected chi connectivity index (χ0v) is 16.0. The molecule has 3 aromatic rings. The number of carbonyl (C=O) groups is 1. The molecule has 1 saturated heterocycles. The van der Waals surface area contributed by atoms with Gasteiger partial charge in [-0.1, -0.05) is 18.2 Å². The number of aromatic nitrogens is 2. The van der Waals surface area contributed by atoms with Gasteiger partial charge in [0.25, 0.3) is 0 Å². The standard InChI is InChI=1S/C22H22FN5O/c23-18-8-6-17(7-9-18)20-10-11-21(26-25-20)24-16-22(29)28-14-12-27(13-15-28)19-4-2-1-3-5-19/h1-11H,12-16H2,(H,24,26). The molecule has 1 amide bonds. The third-order valence-corrected chi connectivity index (χ3v) is 4.98. The van der Waals surface area contributed by atoms with Gasteiger partial charge < -0.3 is 15.1 Å². The second-order valence-electron chi connectivity index (χ2n) is 6.87. The van der Waals surface area contributed by atoms with E-state index in [1.165, 1.54) is 17.8 Å². The van der Waals surface area contributed by atoms with Gasteiger partial charge in [0.05, 0.1) is 12.2 Å². The first-order valence-electron chi connectivity index (χ1n) is 9.60. The number of carbonyl (C=O) groups excluding carboxylic acids is 1. The molecule has 6 nitrogen and oxygen atoms in total. The van der Waals surface area contributed by atoms with Crippen molar-refractivity contribution in [1.82, 2.24) is 15.1 Å². The Hall–Kier alpha value is -3.48. The molecule has 7 heteroatoms. The van der Waals surface area contributed by atoms with E-state index in [4.69, 9.17) is 0 Å². The van der Waals surface area contributed by atoms with Gasteiger partial charge in [-0.3, -0.25) is 4.79 Å². The average molecular weight is 391 g/mol. The van der Waals surface area contributed by atoms with E-state index in [1.807, 2.05) is 23.1 Å². The van der Waals surface area contributed by atoms with Crippen LogP contribution in [0.4, 0.5) is 15.9 Å². The number of amides is 1. The van der Waals surface area contributed by atoms with E-state index >= 15 is 0 Å². The van der Waals surface area contributed by atoms with Gasteiger partial charge in [0.15, 0.2) is 0 Å². The number of rotatable bonds is 5. The lowest BCUT2D eigenvalue weighted by atomic mass is 10.1. The number of nitrogens with one attached hydrogen (secondary N) is 1. The number of nitrogens with zero attached hydrogens (tertiary/aromatic N) is 4.